The van der Waals surface area contributed by atoms with Crippen LogP contribution in [-0.4, -0.2) is 6.54 Å². The van der Waals surface area contributed by atoms with E-state index < -0.39 is 0 Å². The summed E-state index contributed by atoms with van der Waals surface area (Å²) < 4.78 is 0. The summed E-state index contributed by atoms with van der Waals surface area (Å²) in [7, 11) is 0. The zero-order valence-electron chi connectivity index (χ0n) is 11.2. The lowest BCUT2D eigenvalue weighted by Crippen LogP contribution is -2.48. The van der Waals surface area contributed by atoms with Crippen LogP contribution in [0.15, 0.2) is 24.3 Å². The smallest absolute Gasteiger partial charge is 0.0388 e. The van der Waals surface area contributed by atoms with Crippen LogP contribution >= 0.6 is 0 Å². The van der Waals surface area contributed by atoms with Gasteiger partial charge in [0.15, 0.2) is 0 Å². The zero-order chi connectivity index (χ0) is 12.1. The standard InChI is InChI=1S/C16H23N/c1-15(2,3)16-9-6-10-17-14(16)13-8-5-4-7-12(13)11-16/h4-5,7-8,14,17H,6,9-11H2,1-3H3/t14-,16-/m0/s1. The minimum Gasteiger partial charge on any atom is -0.309 e. The summed E-state index contributed by atoms with van der Waals surface area (Å²) >= 11 is 0. The van der Waals surface area contributed by atoms with Gasteiger partial charge in [0.25, 0.3) is 0 Å². The van der Waals surface area contributed by atoms with Crippen molar-refractivity contribution < 1.29 is 0 Å². The molecular weight excluding hydrogens is 206 g/mol. The molecule has 0 bridgehead atoms. The van der Waals surface area contributed by atoms with E-state index in [1.807, 2.05) is 0 Å². The molecule has 0 unspecified atom stereocenters. The molecule has 0 aromatic heterocycles. The summed E-state index contributed by atoms with van der Waals surface area (Å²) in [4.78, 5) is 0. The summed E-state index contributed by atoms with van der Waals surface area (Å²) in [6.45, 7) is 8.42. The second-order valence-corrected chi connectivity index (χ2v) is 6.77. The fourth-order valence-electron chi connectivity index (χ4n) is 3.98. The fraction of sp³-hybridized carbons (Fsp3) is 0.625. The number of nitrogens with one attached hydrogen (secondary N) is 1. The average Bonchev–Trinajstić information content (AvgIpc) is 2.64. The van der Waals surface area contributed by atoms with Gasteiger partial charge in [0.2, 0.25) is 0 Å². The van der Waals surface area contributed by atoms with Crippen LogP contribution < -0.4 is 5.32 Å². The Morgan fingerprint density at radius 1 is 1.24 bits per heavy atom. The molecule has 1 heteroatoms. The molecule has 1 aliphatic heterocycles. The van der Waals surface area contributed by atoms with E-state index in [0.717, 1.165) is 0 Å². The molecule has 1 nitrogen and oxygen atoms in total. The van der Waals surface area contributed by atoms with E-state index in [9.17, 15) is 0 Å². The lowest BCUT2D eigenvalue weighted by Gasteiger charge is -2.50. The Morgan fingerprint density at radius 2 is 2.00 bits per heavy atom. The first kappa shape index (κ1) is 11.3. The van der Waals surface area contributed by atoms with Crippen molar-refractivity contribution in [2.75, 3.05) is 6.54 Å². The molecule has 0 amide bonds. The van der Waals surface area contributed by atoms with Crippen molar-refractivity contribution in [1.82, 2.24) is 5.32 Å². The summed E-state index contributed by atoms with van der Waals surface area (Å²) in [6.07, 6.45) is 3.94. The van der Waals surface area contributed by atoms with Gasteiger partial charge in [-0.1, -0.05) is 45.0 Å². The molecule has 0 saturated carbocycles. The van der Waals surface area contributed by atoms with Gasteiger partial charge in [-0.3, -0.25) is 0 Å². The van der Waals surface area contributed by atoms with Crippen molar-refractivity contribution in [3.63, 3.8) is 0 Å². The quantitative estimate of drug-likeness (QED) is 0.715. The SMILES string of the molecule is CC(C)(C)[C@]12CCCN[C@H]1c1ccccc1C2. The first-order valence-electron chi connectivity index (χ1n) is 6.86. The predicted molar refractivity (Wildman–Crippen MR) is 72.0 cm³/mol. The highest BCUT2D eigenvalue weighted by atomic mass is 15.0. The molecule has 1 aromatic rings. The van der Waals surface area contributed by atoms with Crippen molar-refractivity contribution in [2.45, 2.75) is 46.1 Å². The lowest BCUT2D eigenvalue weighted by molar-refractivity contribution is 0.0193. The highest BCUT2D eigenvalue weighted by Crippen LogP contribution is 2.59. The van der Waals surface area contributed by atoms with Crippen molar-refractivity contribution in [1.29, 1.82) is 0 Å². The van der Waals surface area contributed by atoms with Gasteiger partial charge in [0.1, 0.15) is 0 Å². The van der Waals surface area contributed by atoms with Gasteiger partial charge >= 0.3 is 0 Å². The number of benzene rings is 1. The molecule has 92 valence electrons. The molecule has 2 aliphatic rings. The minimum atomic E-state index is 0.365. The van der Waals surface area contributed by atoms with Gasteiger partial charge < -0.3 is 5.32 Å². The Kier molecular flexibility index (Phi) is 2.38. The number of fused-ring (bicyclic) bond motifs is 3. The second-order valence-electron chi connectivity index (χ2n) is 6.77. The van der Waals surface area contributed by atoms with E-state index in [0.29, 0.717) is 16.9 Å². The van der Waals surface area contributed by atoms with Crippen LogP contribution in [0.4, 0.5) is 0 Å². The summed E-state index contributed by atoms with van der Waals surface area (Å²) in [5.74, 6) is 0. The van der Waals surface area contributed by atoms with Crippen molar-refractivity contribution in [3.8, 4) is 0 Å². The predicted octanol–water partition coefficient (Wildman–Crippen LogP) is 3.70. The zero-order valence-corrected chi connectivity index (χ0v) is 11.2. The van der Waals surface area contributed by atoms with E-state index >= 15 is 0 Å². The first-order valence-corrected chi connectivity index (χ1v) is 6.86. The maximum absolute atomic E-state index is 3.78. The summed E-state index contributed by atoms with van der Waals surface area (Å²) in [5.41, 5.74) is 3.92. The van der Waals surface area contributed by atoms with E-state index in [2.05, 4.69) is 50.4 Å². The molecule has 1 aromatic carbocycles. The largest absolute Gasteiger partial charge is 0.309 e. The van der Waals surface area contributed by atoms with Crippen LogP contribution in [0.1, 0.15) is 50.8 Å². The van der Waals surface area contributed by atoms with E-state index in [-0.39, 0.29) is 0 Å². The number of hydrogen-bond donors (Lipinski definition) is 1. The number of piperidine rings is 1. The third-order valence-corrected chi connectivity index (χ3v) is 5.07. The molecule has 2 atom stereocenters. The van der Waals surface area contributed by atoms with E-state index in [1.54, 1.807) is 11.1 Å². The van der Waals surface area contributed by atoms with E-state index in [1.165, 1.54) is 25.8 Å². The van der Waals surface area contributed by atoms with Gasteiger partial charge in [-0.25, -0.2) is 0 Å². The van der Waals surface area contributed by atoms with Crippen LogP contribution in [0.5, 0.6) is 0 Å². The first-order chi connectivity index (χ1) is 8.05. The van der Waals surface area contributed by atoms with Crippen LogP contribution in [0.3, 0.4) is 0 Å². The molecule has 1 aliphatic carbocycles. The Morgan fingerprint density at radius 3 is 2.76 bits per heavy atom. The van der Waals surface area contributed by atoms with Crippen LogP contribution in [0, 0.1) is 10.8 Å². The maximum Gasteiger partial charge on any atom is 0.0388 e. The normalized spacial score (nSPS) is 32.1. The molecule has 0 spiro atoms. The van der Waals surface area contributed by atoms with E-state index in [4.69, 9.17) is 0 Å². The Hall–Kier alpha value is -0.820. The van der Waals surface area contributed by atoms with Gasteiger partial charge in [0.05, 0.1) is 0 Å². The molecule has 1 fully saturated rings. The second kappa shape index (κ2) is 3.58. The molecular formula is C16H23N. The number of hydrogen-bond acceptors (Lipinski definition) is 1. The highest BCUT2D eigenvalue weighted by Gasteiger charge is 2.53. The molecule has 1 heterocycles. The maximum atomic E-state index is 3.78. The number of rotatable bonds is 0. The highest BCUT2D eigenvalue weighted by molar-refractivity contribution is 5.39. The van der Waals surface area contributed by atoms with Gasteiger partial charge in [-0.2, -0.15) is 0 Å². The van der Waals surface area contributed by atoms with Crippen molar-refractivity contribution >= 4 is 0 Å². The minimum absolute atomic E-state index is 0.365. The summed E-state index contributed by atoms with van der Waals surface area (Å²) in [5, 5.41) is 3.78. The van der Waals surface area contributed by atoms with Crippen molar-refractivity contribution in [3.05, 3.63) is 35.4 Å². The Bertz CT molecular complexity index is 429. The molecule has 1 N–H and O–H groups in total. The third kappa shape index (κ3) is 1.48. The topological polar surface area (TPSA) is 12.0 Å². The monoisotopic (exact) mass is 229 g/mol. The molecule has 1 saturated heterocycles. The van der Waals surface area contributed by atoms with Crippen molar-refractivity contribution in [2.24, 2.45) is 10.8 Å². The molecule has 3 rings (SSSR count). The fourth-order valence-corrected chi connectivity index (χ4v) is 3.98. The third-order valence-electron chi connectivity index (χ3n) is 5.07. The summed E-state index contributed by atoms with van der Waals surface area (Å²) in [6, 6.07) is 9.60. The average molecular weight is 229 g/mol. The van der Waals surface area contributed by atoms with Crippen LogP contribution in [0.25, 0.3) is 0 Å². The molecule has 0 radical (unpaired) electrons. The lowest BCUT2D eigenvalue weighted by atomic mass is 9.59. The van der Waals surface area contributed by atoms with Gasteiger partial charge in [-0.05, 0) is 47.8 Å². The van der Waals surface area contributed by atoms with Gasteiger partial charge in [-0.15, -0.1) is 0 Å². The van der Waals surface area contributed by atoms with Gasteiger partial charge in [0, 0.05) is 6.04 Å². The Balaban J connectivity index is 2.11. The Labute approximate surface area is 105 Å². The van der Waals surface area contributed by atoms with Crippen LogP contribution in [-0.2, 0) is 6.42 Å². The molecule has 17 heavy (non-hydrogen) atoms. The van der Waals surface area contributed by atoms with Crippen LogP contribution in [0.2, 0.25) is 0 Å².